The predicted molar refractivity (Wildman–Crippen MR) is 35.8 cm³/mol. The van der Waals surface area contributed by atoms with Gasteiger partial charge in [-0.05, 0) is 0 Å². The molecule has 0 aromatic heterocycles. The molecule has 0 aliphatic carbocycles. The molecule has 0 atom stereocenters. The number of rotatable bonds is 0. The van der Waals surface area contributed by atoms with E-state index in [2.05, 4.69) is 0 Å². The van der Waals surface area contributed by atoms with Crippen LogP contribution in [-0.2, 0) is 4.57 Å². The first-order valence-corrected chi connectivity index (χ1v) is 2.35. The zero-order chi connectivity index (χ0) is 4.50. The molecule has 8 heteroatoms. The van der Waals surface area contributed by atoms with Crippen molar-refractivity contribution >= 4 is 123 Å². The predicted octanol–water partition coefficient (Wildman–Crippen LogP) is -1.80. The first kappa shape index (κ1) is 22.6. The van der Waals surface area contributed by atoms with Crippen LogP contribution >= 0.6 is 20.2 Å². The van der Waals surface area contributed by atoms with E-state index in [1.165, 1.54) is 0 Å². The first-order valence-electron chi connectivity index (χ1n) is 0.783. The Morgan fingerprint density at radius 1 is 1.00 bits per heavy atom. The van der Waals surface area contributed by atoms with E-state index in [1.54, 1.807) is 0 Å². The average Bonchev–Trinajstić information content (AvgIpc) is 0.722. The Bertz CT molecular complexity index is 60.2. The Labute approximate surface area is 138 Å². The van der Waals surface area contributed by atoms with Gasteiger partial charge in [-0.15, -0.1) is 12.4 Å². The van der Waals surface area contributed by atoms with Crippen molar-refractivity contribution < 1.29 is 19.2 Å². The van der Waals surface area contributed by atoms with Crippen LogP contribution < -0.4 is 0 Å². The van der Waals surface area contributed by atoms with Crippen LogP contribution in [0.15, 0.2) is 0 Å². The summed E-state index contributed by atoms with van der Waals surface area (Å²) in [5, 5.41) is 0. The van der Waals surface area contributed by atoms with Gasteiger partial charge in [-0.25, -0.2) is 4.57 Å². The second kappa shape index (κ2) is 10.7. The van der Waals surface area contributed by atoms with Crippen molar-refractivity contribution in [2.45, 2.75) is 0 Å². The minimum absolute atomic E-state index is 0. The third-order valence-corrected chi connectivity index (χ3v) is 0. The van der Waals surface area contributed by atoms with Gasteiger partial charge in [0.15, 0.2) is 0 Å². The normalized spacial score (nSPS) is 7.38. The summed E-state index contributed by atoms with van der Waals surface area (Å²) in [6.07, 6.45) is 0. The van der Waals surface area contributed by atoms with E-state index < -0.39 is 7.82 Å². The molecular formula is H6ClK2O4P. The molecule has 8 heavy (non-hydrogen) atoms. The quantitative estimate of drug-likeness (QED) is 0.328. The van der Waals surface area contributed by atoms with Gasteiger partial charge in [-0.1, -0.05) is 0 Å². The third kappa shape index (κ3) is 53.9. The fourth-order valence-electron chi connectivity index (χ4n) is 0. The fourth-order valence-corrected chi connectivity index (χ4v) is 0. The van der Waals surface area contributed by atoms with E-state index in [4.69, 9.17) is 19.2 Å². The molecule has 0 rings (SSSR count). The van der Waals surface area contributed by atoms with Gasteiger partial charge in [0.25, 0.3) is 0 Å². The first-order chi connectivity index (χ1) is 2.00. The number of hydrogen-bond donors (Lipinski definition) is 3. The summed E-state index contributed by atoms with van der Waals surface area (Å²) in [4.78, 5) is 21.6. The molecule has 0 radical (unpaired) electrons. The van der Waals surface area contributed by atoms with Gasteiger partial charge in [0.05, 0.1) is 0 Å². The number of phosphoric acid groups is 1. The van der Waals surface area contributed by atoms with Crippen LogP contribution in [-0.4, -0.2) is 117 Å². The maximum absolute atomic E-state index is 8.88. The van der Waals surface area contributed by atoms with Gasteiger partial charge in [0.1, 0.15) is 0 Å². The van der Waals surface area contributed by atoms with Gasteiger partial charge in [0.2, 0.25) is 0 Å². The Morgan fingerprint density at radius 3 is 1.00 bits per heavy atom. The van der Waals surface area contributed by atoms with Crippen molar-refractivity contribution in [2.24, 2.45) is 0 Å². The van der Waals surface area contributed by atoms with Crippen LogP contribution in [0.5, 0.6) is 0 Å². The Morgan fingerprint density at radius 2 is 1.00 bits per heavy atom. The van der Waals surface area contributed by atoms with E-state index >= 15 is 0 Å². The average molecular weight is 215 g/mol. The zero-order valence-corrected chi connectivity index (χ0v) is 4.32. The van der Waals surface area contributed by atoms with Crippen LogP contribution in [0, 0.1) is 0 Å². The monoisotopic (exact) mass is 214 g/mol. The standard InChI is InChI=1S/ClH.2K.H3O4P.2H/c;;;1-5(2,3)4;;/h1H;;;(H3,1,2,3,4);;. The van der Waals surface area contributed by atoms with E-state index in [0.717, 1.165) is 0 Å². The van der Waals surface area contributed by atoms with Crippen molar-refractivity contribution in [2.75, 3.05) is 0 Å². The second-order valence-electron chi connectivity index (χ2n) is 0.513. The summed E-state index contributed by atoms with van der Waals surface area (Å²) >= 11 is 0. The Balaban J connectivity index is -0.0000000267. The molecule has 0 saturated heterocycles. The van der Waals surface area contributed by atoms with Crippen molar-refractivity contribution in [3.8, 4) is 0 Å². The maximum atomic E-state index is 8.88. The van der Waals surface area contributed by atoms with Crippen LogP contribution in [0.2, 0.25) is 0 Å². The van der Waals surface area contributed by atoms with Gasteiger partial charge in [-0.3, -0.25) is 0 Å². The molecule has 0 unspecified atom stereocenters. The summed E-state index contributed by atoms with van der Waals surface area (Å²) in [6, 6.07) is 0. The summed E-state index contributed by atoms with van der Waals surface area (Å²) in [7, 11) is -4.64. The van der Waals surface area contributed by atoms with Crippen molar-refractivity contribution in [1.82, 2.24) is 0 Å². The van der Waals surface area contributed by atoms with Crippen molar-refractivity contribution in [3.63, 3.8) is 0 Å². The van der Waals surface area contributed by atoms with Crippen molar-refractivity contribution in [1.29, 1.82) is 0 Å². The summed E-state index contributed by atoms with van der Waals surface area (Å²) in [6.45, 7) is 0. The topological polar surface area (TPSA) is 77.8 Å². The fraction of sp³-hybridized carbons (Fsp3) is 0. The molecule has 0 heterocycles. The SMILES string of the molecule is Cl.O=P(O)(O)O.[KH].[KH]. The molecule has 0 saturated carbocycles. The second-order valence-corrected chi connectivity index (χ2v) is 1.54. The molecule has 0 aliphatic rings. The molecule has 44 valence electrons. The van der Waals surface area contributed by atoms with Gasteiger partial charge >= 0.3 is 111 Å². The van der Waals surface area contributed by atoms with Crippen LogP contribution in [0.3, 0.4) is 0 Å². The summed E-state index contributed by atoms with van der Waals surface area (Å²) < 4.78 is 8.88. The summed E-state index contributed by atoms with van der Waals surface area (Å²) in [5.41, 5.74) is 0. The van der Waals surface area contributed by atoms with Gasteiger partial charge in [-0.2, -0.15) is 0 Å². The Kier molecular flexibility index (Phi) is 30.1. The molecule has 0 spiro atoms. The van der Waals surface area contributed by atoms with Crippen molar-refractivity contribution in [3.05, 3.63) is 0 Å². The third-order valence-electron chi connectivity index (χ3n) is 0. The Hall–Kier alpha value is 3.67. The number of halogens is 1. The molecule has 0 aromatic rings. The van der Waals surface area contributed by atoms with Crippen LogP contribution in [0.4, 0.5) is 0 Å². The van der Waals surface area contributed by atoms with Gasteiger partial charge < -0.3 is 14.7 Å². The summed E-state index contributed by atoms with van der Waals surface area (Å²) in [5.74, 6) is 0. The molecule has 4 nitrogen and oxygen atoms in total. The molecule has 3 N–H and O–H groups in total. The van der Waals surface area contributed by atoms with E-state index in [-0.39, 0.29) is 115 Å². The van der Waals surface area contributed by atoms with E-state index in [9.17, 15) is 0 Å². The molecule has 0 aromatic carbocycles. The number of hydrogen-bond acceptors (Lipinski definition) is 1. The zero-order valence-electron chi connectivity index (χ0n) is 2.61. The molecular weight excluding hydrogens is 209 g/mol. The molecule has 0 bridgehead atoms. The molecule has 0 fully saturated rings. The van der Waals surface area contributed by atoms with Gasteiger partial charge in [0, 0.05) is 0 Å². The van der Waals surface area contributed by atoms with E-state index in [0.29, 0.717) is 0 Å². The molecule has 0 amide bonds. The minimum atomic E-state index is -4.64. The van der Waals surface area contributed by atoms with Crippen LogP contribution in [0.1, 0.15) is 0 Å². The van der Waals surface area contributed by atoms with E-state index in [1.807, 2.05) is 0 Å². The van der Waals surface area contributed by atoms with Crippen LogP contribution in [0.25, 0.3) is 0 Å². The molecule has 0 aliphatic heterocycles.